The average Bonchev–Trinajstić information content (AvgIpc) is 3.36. The lowest BCUT2D eigenvalue weighted by atomic mass is 9.78. The molecule has 6 rings (SSSR count). The summed E-state index contributed by atoms with van der Waals surface area (Å²) in [6.45, 7) is 3.47. The minimum atomic E-state index is -0.0869. The number of rotatable bonds is 6. The third-order valence-electron chi connectivity index (χ3n) is 8.29. The van der Waals surface area contributed by atoms with E-state index in [4.69, 9.17) is 4.74 Å². The van der Waals surface area contributed by atoms with E-state index in [1.165, 1.54) is 5.56 Å². The maximum Gasteiger partial charge on any atom is 0.256 e. The summed E-state index contributed by atoms with van der Waals surface area (Å²) in [4.78, 5) is 27.7. The number of benzene rings is 3. The van der Waals surface area contributed by atoms with Crippen LogP contribution in [0.5, 0.6) is 0 Å². The van der Waals surface area contributed by atoms with Crippen LogP contribution in [0, 0.1) is 5.92 Å². The van der Waals surface area contributed by atoms with Gasteiger partial charge in [0.2, 0.25) is 0 Å². The van der Waals surface area contributed by atoms with Gasteiger partial charge in [-0.1, -0.05) is 48.5 Å². The molecule has 6 heteroatoms. The molecule has 1 saturated carbocycles. The smallest absolute Gasteiger partial charge is 0.256 e. The van der Waals surface area contributed by atoms with Crippen LogP contribution in [-0.4, -0.2) is 47.6 Å². The van der Waals surface area contributed by atoms with E-state index in [-0.39, 0.29) is 11.8 Å². The zero-order valence-electron chi connectivity index (χ0n) is 22.2. The highest BCUT2D eigenvalue weighted by Crippen LogP contribution is 2.37. The molecule has 0 radical (unpaired) electrons. The van der Waals surface area contributed by atoms with Crippen LogP contribution in [-0.2, 0) is 11.3 Å². The number of hydrogen-bond donors (Lipinski definition) is 1. The van der Waals surface area contributed by atoms with Crippen molar-refractivity contribution < 1.29 is 14.3 Å². The quantitative estimate of drug-likeness (QED) is 0.322. The van der Waals surface area contributed by atoms with Crippen LogP contribution >= 0.6 is 0 Å². The van der Waals surface area contributed by atoms with Crippen LogP contribution in [0.25, 0.3) is 10.9 Å². The van der Waals surface area contributed by atoms with Crippen molar-refractivity contribution in [2.45, 2.75) is 38.1 Å². The maximum atomic E-state index is 13.3. The fraction of sp³-hybridized carbons (Fsp3) is 0.333. The Kier molecular flexibility index (Phi) is 7.46. The highest BCUT2D eigenvalue weighted by molar-refractivity contribution is 6.07. The molecule has 4 aromatic rings. The monoisotopic (exact) mass is 521 g/mol. The van der Waals surface area contributed by atoms with Crippen molar-refractivity contribution >= 4 is 28.4 Å². The van der Waals surface area contributed by atoms with Crippen molar-refractivity contribution in [1.29, 1.82) is 0 Å². The Morgan fingerprint density at radius 3 is 2.26 bits per heavy atom. The summed E-state index contributed by atoms with van der Waals surface area (Å²) in [5.41, 5.74) is 4.78. The largest absolute Gasteiger partial charge is 0.378 e. The zero-order valence-corrected chi connectivity index (χ0v) is 22.2. The third-order valence-corrected chi connectivity index (χ3v) is 8.29. The molecule has 0 spiro atoms. The van der Waals surface area contributed by atoms with Crippen molar-refractivity contribution in [3.05, 3.63) is 102 Å². The van der Waals surface area contributed by atoms with Gasteiger partial charge in [0.25, 0.3) is 11.8 Å². The van der Waals surface area contributed by atoms with Gasteiger partial charge in [-0.3, -0.25) is 9.59 Å². The molecule has 6 nitrogen and oxygen atoms in total. The predicted molar refractivity (Wildman–Crippen MR) is 154 cm³/mol. The number of morpholine rings is 1. The Morgan fingerprint density at radius 1 is 0.821 bits per heavy atom. The molecule has 1 aliphatic heterocycles. The van der Waals surface area contributed by atoms with Crippen LogP contribution in [0.2, 0.25) is 0 Å². The van der Waals surface area contributed by atoms with Gasteiger partial charge in [-0.2, -0.15) is 0 Å². The summed E-state index contributed by atoms with van der Waals surface area (Å²) in [6, 6.07) is 25.9. The molecule has 2 heterocycles. The second-order valence-corrected chi connectivity index (χ2v) is 10.8. The molecule has 2 aliphatic rings. The second kappa shape index (κ2) is 11.5. The summed E-state index contributed by atoms with van der Waals surface area (Å²) in [5.74, 6) is 1.16. The van der Waals surface area contributed by atoms with Crippen molar-refractivity contribution in [2.24, 2.45) is 5.92 Å². The molecule has 3 aromatic carbocycles. The molecule has 1 N–H and O–H groups in total. The van der Waals surface area contributed by atoms with Crippen molar-refractivity contribution in [3.8, 4) is 0 Å². The Hall–Kier alpha value is -3.90. The first-order valence-electron chi connectivity index (χ1n) is 14.1. The summed E-state index contributed by atoms with van der Waals surface area (Å²) >= 11 is 0. The molecule has 0 bridgehead atoms. The lowest BCUT2D eigenvalue weighted by molar-refractivity contribution is 0.0304. The number of anilines is 1. The molecular weight excluding hydrogens is 486 g/mol. The van der Waals surface area contributed by atoms with Gasteiger partial charge in [0.15, 0.2) is 0 Å². The highest BCUT2D eigenvalue weighted by Gasteiger charge is 2.26. The van der Waals surface area contributed by atoms with Gasteiger partial charge in [0.05, 0.1) is 18.8 Å². The SMILES string of the molecule is O=C(Nc1ccc(C2CCC(Cn3cc(C(=O)N4CCOCC4)c4ccccc43)CC2)cc1)c1ccccc1. The van der Waals surface area contributed by atoms with Crippen LogP contribution in [0.15, 0.2) is 85.1 Å². The summed E-state index contributed by atoms with van der Waals surface area (Å²) in [6.07, 6.45) is 6.71. The fourth-order valence-electron chi connectivity index (χ4n) is 6.09. The number of ether oxygens (including phenoxy) is 1. The van der Waals surface area contributed by atoms with Gasteiger partial charge >= 0.3 is 0 Å². The number of aromatic nitrogens is 1. The minimum absolute atomic E-state index is 0.0869. The number of carbonyl (C=O) groups is 2. The van der Waals surface area contributed by atoms with Crippen molar-refractivity contribution in [3.63, 3.8) is 0 Å². The third kappa shape index (κ3) is 5.62. The number of fused-ring (bicyclic) bond motifs is 1. The van der Waals surface area contributed by atoms with Gasteiger partial charge in [-0.15, -0.1) is 0 Å². The number of hydrogen-bond acceptors (Lipinski definition) is 3. The predicted octanol–water partition coefficient (Wildman–Crippen LogP) is 6.34. The van der Waals surface area contributed by atoms with E-state index in [0.717, 1.165) is 54.4 Å². The molecular formula is C33H35N3O3. The lowest BCUT2D eigenvalue weighted by Gasteiger charge is -2.29. The molecule has 1 aromatic heterocycles. The van der Waals surface area contributed by atoms with Gasteiger partial charge in [0.1, 0.15) is 0 Å². The Morgan fingerprint density at radius 2 is 1.51 bits per heavy atom. The first-order chi connectivity index (χ1) is 19.2. The van der Waals surface area contributed by atoms with Crippen LogP contribution in [0.1, 0.15) is 57.9 Å². The molecule has 2 amide bonds. The van der Waals surface area contributed by atoms with Crippen molar-refractivity contribution in [2.75, 3.05) is 31.6 Å². The topological polar surface area (TPSA) is 63.6 Å². The zero-order chi connectivity index (χ0) is 26.6. The molecule has 1 aliphatic carbocycles. The average molecular weight is 522 g/mol. The summed E-state index contributed by atoms with van der Waals surface area (Å²) < 4.78 is 7.75. The number of nitrogens with zero attached hydrogens (tertiary/aromatic N) is 2. The maximum absolute atomic E-state index is 13.3. The summed E-state index contributed by atoms with van der Waals surface area (Å²) in [7, 11) is 0. The van der Waals surface area contributed by atoms with E-state index in [0.29, 0.717) is 43.7 Å². The van der Waals surface area contributed by atoms with E-state index in [9.17, 15) is 9.59 Å². The minimum Gasteiger partial charge on any atom is -0.378 e. The Bertz CT molecular complexity index is 1430. The second-order valence-electron chi connectivity index (χ2n) is 10.8. The van der Waals surface area contributed by atoms with E-state index >= 15 is 0 Å². The van der Waals surface area contributed by atoms with Crippen LogP contribution < -0.4 is 5.32 Å². The normalized spacial score (nSPS) is 19.6. The van der Waals surface area contributed by atoms with Gasteiger partial charge in [-0.25, -0.2) is 0 Å². The van der Waals surface area contributed by atoms with Crippen molar-refractivity contribution in [1.82, 2.24) is 9.47 Å². The Labute approximate surface area is 229 Å². The first-order valence-corrected chi connectivity index (χ1v) is 14.1. The molecule has 39 heavy (non-hydrogen) atoms. The van der Waals surface area contributed by atoms with E-state index in [1.807, 2.05) is 53.4 Å². The lowest BCUT2D eigenvalue weighted by Crippen LogP contribution is -2.40. The molecule has 0 unspecified atom stereocenters. The van der Waals surface area contributed by atoms with E-state index in [2.05, 4.69) is 46.4 Å². The first kappa shape index (κ1) is 25.4. The molecule has 200 valence electrons. The summed E-state index contributed by atoms with van der Waals surface area (Å²) in [5, 5.41) is 4.04. The van der Waals surface area contributed by atoms with Crippen LogP contribution in [0.4, 0.5) is 5.69 Å². The number of carbonyl (C=O) groups excluding carboxylic acids is 2. The van der Waals surface area contributed by atoms with Gasteiger partial charge in [-0.05, 0) is 73.4 Å². The standard InChI is InChI=1S/C33H35N3O3/c37-32(27-6-2-1-3-7-27)34-28-16-14-26(15-17-28)25-12-10-24(11-13-25)22-36-23-30(29-8-4-5-9-31(29)36)33(38)35-18-20-39-21-19-35/h1-9,14-17,23-25H,10-13,18-22H2,(H,34,37). The van der Waals surface area contributed by atoms with Gasteiger partial charge < -0.3 is 19.5 Å². The number of amides is 2. The van der Waals surface area contributed by atoms with E-state index in [1.54, 1.807) is 0 Å². The Balaban J connectivity index is 1.08. The number of para-hydroxylation sites is 1. The fourth-order valence-corrected chi connectivity index (χ4v) is 6.09. The van der Waals surface area contributed by atoms with Crippen LogP contribution in [0.3, 0.4) is 0 Å². The molecule has 2 fully saturated rings. The van der Waals surface area contributed by atoms with E-state index < -0.39 is 0 Å². The highest BCUT2D eigenvalue weighted by atomic mass is 16.5. The molecule has 0 atom stereocenters. The number of nitrogens with one attached hydrogen (secondary N) is 1. The van der Waals surface area contributed by atoms with Gasteiger partial charge in [0, 0.05) is 48.0 Å². The molecule has 1 saturated heterocycles.